The average Bonchev–Trinajstić information content (AvgIpc) is 1.63. The van der Waals surface area contributed by atoms with Crippen molar-refractivity contribution in [3.05, 3.63) is 207 Å². The maximum absolute atomic E-state index is 13.1. The molecule has 111 heavy (non-hydrogen) atoms. The van der Waals surface area contributed by atoms with Crippen molar-refractivity contribution in [3.63, 3.8) is 0 Å². The number of fused-ring (bicyclic) bond motifs is 3. The first-order valence-electron chi connectivity index (χ1n) is 35.2. The number of carbonyl (C=O) groups excluding carboxylic acids is 10. The number of urea groups is 3. The van der Waals surface area contributed by atoms with Crippen molar-refractivity contribution in [2.24, 2.45) is 5.16 Å². The molecule has 0 bridgehead atoms. The fourth-order valence-electron chi connectivity index (χ4n) is 14.0. The number of oxime groups is 1. The molecule has 5 saturated heterocycles. The van der Waals surface area contributed by atoms with Crippen LogP contribution in [0.15, 0.2) is 145 Å². The van der Waals surface area contributed by atoms with Gasteiger partial charge in [0.15, 0.2) is 5.84 Å². The monoisotopic (exact) mass is 1510 g/mol. The lowest BCUT2D eigenvalue weighted by Crippen LogP contribution is -2.54. The minimum absolute atomic E-state index is 0.108. The van der Waals surface area contributed by atoms with Crippen molar-refractivity contribution in [2.45, 2.75) is 69.0 Å². The molecule has 9 N–H and O–H groups in total. The number of phenols is 1. The molecule has 1 aromatic heterocycles. The molecule has 564 valence electrons. The number of aromatic hydroxyl groups is 1. The van der Waals surface area contributed by atoms with Crippen molar-refractivity contribution in [1.29, 1.82) is 0 Å². The fraction of sp³-hybridized carbons (Fsp3) is 0.272. The largest absolute Gasteiger partial charge is 0.507 e. The van der Waals surface area contributed by atoms with Gasteiger partial charge in [-0.2, -0.15) is 0 Å². The second kappa shape index (κ2) is 30.9. The second-order valence-corrected chi connectivity index (χ2v) is 27.9. The number of likely N-dealkylation sites (N-methyl/N-ethyl adjacent to an activating group) is 1. The van der Waals surface area contributed by atoms with Crippen molar-refractivity contribution in [1.82, 2.24) is 66.7 Å². The number of nitrogens with one attached hydrogen (secondary N) is 7. The van der Waals surface area contributed by atoms with Gasteiger partial charge in [0.25, 0.3) is 35.4 Å². The Balaban J connectivity index is 0.000000146. The number of piperazine rings is 1. The Morgan fingerprint density at radius 1 is 0.550 bits per heavy atom. The van der Waals surface area contributed by atoms with Crippen LogP contribution >= 0.6 is 12.2 Å². The highest BCUT2D eigenvalue weighted by atomic mass is 32.1. The van der Waals surface area contributed by atoms with Crippen LogP contribution in [0, 0.1) is 42.4 Å². The van der Waals surface area contributed by atoms with Gasteiger partial charge in [0, 0.05) is 95.8 Å². The number of benzene rings is 6. The number of nitrogens with zero attached hydrogens (tertiary/aromatic N) is 7. The standard InChI is InChI=1S/C27H29N7O5.C27H24N4O5S.C27H21N3O5/c1-3-32-10-12-33(13-11-32)23(31-38)22-7-4-18(15-28-22)8-9-27(25(36)29-26(37)30-27)17-34-16-19-5-6-20(39-2)14-21(19)24(34)35;1-15-10-18(26(2)21(37)12-22(32)29-26)6-4-16(15)8-9-27(24(34)28-25(35)30-27)14-31-13-17-5-7-19(36-3)11-20(17)23(31)33;1-35-20-11-10-19-15-30(24(32)22(19)14-20)16-27(25(33)28-26(34)29-27)13-12-17-6-8-18(9-7-17)21-4-2-3-5-23(21)31/h4-7,14-15,38H,3,10-13,16-17H2,1-2H3,(H2,29,30,36,37);4-7,10-11H,12-14H2,1-3H3,(H,29,32)(H2,28,30,34,35);2-11,14,31H,15-16H2,1H3,(H2,28,29,33,34)/t27-;26?,27-;27-/m111/s1. The molecule has 13 amide bonds. The van der Waals surface area contributed by atoms with Crippen LogP contribution in [0.2, 0.25) is 0 Å². The summed E-state index contributed by atoms with van der Waals surface area (Å²) in [6.07, 6.45) is 1.72. The zero-order chi connectivity index (χ0) is 78.7. The molecule has 7 aromatic rings. The molecule has 9 heterocycles. The number of carbonyl (C=O) groups is 10. The summed E-state index contributed by atoms with van der Waals surface area (Å²) in [5.41, 5.74) is 3.68. The predicted molar refractivity (Wildman–Crippen MR) is 406 cm³/mol. The SMILES string of the molecule is CCN1CCN(C(=NO)c2ccc(C#C[C@]3(CN4Cc5ccc(OC)cc5C4=O)NC(=O)NC3=O)cn2)CC1.COc1ccc2c(c1)C(=O)N(C[C@@]1(C#Cc3ccc(-c4ccccc4O)cc3)NC(=O)NC1=O)C2.COc1ccc2c(c1)C(=O)N(C[C@@]1(C#Cc3ccc(C4(C)NC(=O)CC4=S)cc3C)NC(=O)NC1=O)C2. The number of aryl methyl sites for hydroxylation is 1. The molecule has 6 aromatic carbocycles. The lowest BCUT2D eigenvalue weighted by Gasteiger charge is -2.35. The number of pyridine rings is 1. The summed E-state index contributed by atoms with van der Waals surface area (Å²) in [6, 6.07) is 36.8. The van der Waals surface area contributed by atoms with Gasteiger partial charge in [0.2, 0.25) is 22.5 Å². The molecule has 0 saturated carbocycles. The van der Waals surface area contributed by atoms with Crippen LogP contribution in [0.25, 0.3) is 11.1 Å². The summed E-state index contributed by atoms with van der Waals surface area (Å²) >= 11 is 5.43. The third-order valence-electron chi connectivity index (χ3n) is 20.3. The Hall–Kier alpha value is -13.6. The van der Waals surface area contributed by atoms with Gasteiger partial charge >= 0.3 is 18.1 Å². The Morgan fingerprint density at radius 2 is 1.01 bits per heavy atom. The molecule has 8 aliphatic rings. The summed E-state index contributed by atoms with van der Waals surface area (Å²) < 4.78 is 15.7. The van der Waals surface area contributed by atoms with Crippen LogP contribution in [-0.4, -0.2) is 200 Å². The number of imide groups is 3. The minimum atomic E-state index is -1.63. The van der Waals surface area contributed by atoms with E-state index in [1.165, 1.54) is 42.2 Å². The number of aromatic nitrogens is 1. The summed E-state index contributed by atoms with van der Waals surface area (Å²) in [6.45, 7) is 10.5. The van der Waals surface area contributed by atoms with E-state index in [9.17, 15) is 58.3 Å². The Labute approximate surface area is 642 Å². The van der Waals surface area contributed by atoms with Gasteiger partial charge in [-0.05, 0) is 127 Å². The van der Waals surface area contributed by atoms with Gasteiger partial charge in [0.1, 0.15) is 28.7 Å². The first kappa shape index (κ1) is 75.6. The summed E-state index contributed by atoms with van der Waals surface area (Å²) in [5, 5.41) is 40.7. The number of phenolic OH excluding ortho intramolecular Hbond substituents is 1. The van der Waals surface area contributed by atoms with E-state index >= 15 is 0 Å². The quantitative estimate of drug-likeness (QED) is 0.0142. The topological polar surface area (TPSA) is 365 Å². The number of methoxy groups -OCH3 is 3. The fourth-order valence-corrected chi connectivity index (χ4v) is 14.3. The van der Waals surface area contributed by atoms with Gasteiger partial charge in [-0.25, -0.2) is 14.4 Å². The van der Waals surface area contributed by atoms with E-state index in [0.717, 1.165) is 66.1 Å². The van der Waals surface area contributed by atoms with Crippen LogP contribution in [0.4, 0.5) is 14.4 Å². The van der Waals surface area contributed by atoms with Crippen LogP contribution in [-0.2, 0) is 44.4 Å². The first-order chi connectivity index (χ1) is 53.3. The number of para-hydroxylation sites is 1. The summed E-state index contributed by atoms with van der Waals surface area (Å²) in [7, 11) is 4.57. The Kier molecular flexibility index (Phi) is 21.1. The van der Waals surface area contributed by atoms with Crippen molar-refractivity contribution in [2.75, 3.05) is 73.7 Å². The van der Waals surface area contributed by atoms with Crippen molar-refractivity contribution >= 4 is 82.4 Å². The highest BCUT2D eigenvalue weighted by Crippen LogP contribution is 2.35. The molecule has 1 unspecified atom stereocenters. The molecular formula is C81H74N14O15S. The molecule has 5 fully saturated rings. The van der Waals surface area contributed by atoms with E-state index in [0.29, 0.717) is 79.1 Å². The van der Waals surface area contributed by atoms with Gasteiger partial charge in [-0.3, -0.25) is 54.5 Å². The van der Waals surface area contributed by atoms with Crippen molar-refractivity contribution < 1.29 is 72.5 Å². The lowest BCUT2D eigenvalue weighted by molar-refractivity contribution is -0.123. The number of rotatable bonds is 13. The molecule has 0 spiro atoms. The number of hydrogen-bond donors (Lipinski definition) is 9. The van der Waals surface area contributed by atoms with Crippen LogP contribution < -0.4 is 51.4 Å². The third-order valence-corrected chi connectivity index (χ3v) is 20.9. The third kappa shape index (κ3) is 15.4. The highest BCUT2D eigenvalue weighted by Gasteiger charge is 2.52. The van der Waals surface area contributed by atoms with Gasteiger partial charge in [-0.1, -0.05) is 120 Å². The van der Waals surface area contributed by atoms with E-state index in [-0.39, 0.29) is 68.5 Å². The number of ether oxygens (including phenoxy) is 3. The molecule has 15 rings (SSSR count). The number of thiocarbonyl (C=S) groups is 1. The molecule has 8 aliphatic heterocycles. The van der Waals surface area contributed by atoms with E-state index in [4.69, 9.17) is 26.4 Å². The predicted octanol–water partition coefficient (Wildman–Crippen LogP) is 4.80. The molecule has 30 heteroatoms. The molecular weight excluding hydrogens is 1440 g/mol. The van der Waals surface area contributed by atoms with Gasteiger partial charge < -0.3 is 70.3 Å². The maximum atomic E-state index is 13.1. The average molecular weight is 1520 g/mol. The lowest BCUT2D eigenvalue weighted by atomic mass is 9.88. The maximum Gasteiger partial charge on any atom is 0.323 e. The Morgan fingerprint density at radius 3 is 1.41 bits per heavy atom. The van der Waals surface area contributed by atoms with E-state index < -0.39 is 58.0 Å². The van der Waals surface area contributed by atoms with E-state index in [1.807, 2.05) is 67.3 Å². The van der Waals surface area contributed by atoms with Crippen LogP contribution in [0.5, 0.6) is 23.0 Å². The molecule has 4 atom stereocenters. The molecule has 0 radical (unpaired) electrons. The van der Waals surface area contributed by atoms with Gasteiger partial charge in [-0.15, -0.1) is 0 Å². The molecule has 29 nitrogen and oxygen atoms in total. The Bertz CT molecular complexity index is 5320. The summed E-state index contributed by atoms with van der Waals surface area (Å²) in [5.74, 6) is 17.0. The number of hydrogen-bond acceptors (Lipinski definition) is 19. The smallest absolute Gasteiger partial charge is 0.323 e. The minimum Gasteiger partial charge on any atom is -0.507 e. The first-order valence-corrected chi connectivity index (χ1v) is 35.6. The zero-order valence-corrected chi connectivity index (χ0v) is 61.8. The highest BCUT2D eigenvalue weighted by molar-refractivity contribution is 7.80. The molecule has 0 aliphatic carbocycles. The zero-order valence-electron chi connectivity index (χ0n) is 61.0. The van der Waals surface area contributed by atoms with Crippen LogP contribution in [0.1, 0.15) is 102 Å². The van der Waals surface area contributed by atoms with Crippen LogP contribution in [0.3, 0.4) is 0 Å². The van der Waals surface area contributed by atoms with Gasteiger partial charge in [0.05, 0.1) is 52.9 Å². The van der Waals surface area contributed by atoms with Crippen molar-refractivity contribution in [3.8, 4) is 69.6 Å². The van der Waals surface area contributed by atoms with E-state index in [2.05, 4.69) is 94.7 Å². The number of amidine groups is 1. The second-order valence-electron chi connectivity index (χ2n) is 27.4. The summed E-state index contributed by atoms with van der Waals surface area (Å²) in [4.78, 5) is 140. The normalized spacial score (nSPS) is 21.4. The van der Waals surface area contributed by atoms with E-state index in [1.54, 1.807) is 84.9 Å². The number of amides is 13.